The lowest BCUT2D eigenvalue weighted by atomic mass is 9.96. The Balaban J connectivity index is 1.71. The highest BCUT2D eigenvalue weighted by Gasteiger charge is 2.49. The second-order valence-electron chi connectivity index (χ2n) is 8.46. The molecule has 0 N–H and O–H groups in total. The number of hydrogen-bond acceptors (Lipinski definition) is 6. The van der Waals surface area contributed by atoms with Crippen molar-refractivity contribution in [2.24, 2.45) is 5.92 Å². The summed E-state index contributed by atoms with van der Waals surface area (Å²) >= 11 is 1.52. The number of thiophene rings is 1. The van der Waals surface area contributed by atoms with Crippen LogP contribution < -0.4 is 4.90 Å². The first-order valence-corrected chi connectivity index (χ1v) is 13.0. The van der Waals surface area contributed by atoms with Gasteiger partial charge in [-0.3, -0.25) is 14.6 Å². The summed E-state index contributed by atoms with van der Waals surface area (Å²) in [4.78, 5) is 29.6. The summed E-state index contributed by atoms with van der Waals surface area (Å²) in [6.07, 6.45) is 0.511. The molecule has 3 heterocycles. The maximum atomic E-state index is 13.8. The van der Waals surface area contributed by atoms with Gasteiger partial charge >= 0.3 is 0 Å². The lowest BCUT2D eigenvalue weighted by Crippen LogP contribution is -2.52. The third kappa shape index (κ3) is 4.26. The predicted octanol–water partition coefficient (Wildman–Crippen LogP) is 2.64. The Hall–Kier alpha value is -2.23. The van der Waals surface area contributed by atoms with E-state index in [1.165, 1.54) is 11.3 Å². The second kappa shape index (κ2) is 8.37. The lowest BCUT2D eigenvalue weighted by Gasteiger charge is -2.37. The first-order valence-electron chi connectivity index (χ1n) is 10.3. The maximum absolute atomic E-state index is 13.8. The number of rotatable bonds is 5. The van der Waals surface area contributed by atoms with Crippen molar-refractivity contribution in [3.05, 3.63) is 52.2 Å². The highest BCUT2D eigenvalue weighted by Crippen LogP contribution is 2.44. The van der Waals surface area contributed by atoms with E-state index < -0.39 is 27.8 Å². The van der Waals surface area contributed by atoms with Gasteiger partial charge in [-0.25, -0.2) is 13.4 Å². The molecule has 2 aliphatic rings. The quantitative estimate of drug-likeness (QED) is 0.640. The number of benzene rings is 1. The Labute approximate surface area is 187 Å². The van der Waals surface area contributed by atoms with Crippen LogP contribution in [0.15, 0.2) is 41.8 Å². The first-order chi connectivity index (χ1) is 14.7. The molecule has 4 rings (SSSR count). The molecule has 0 bridgehead atoms. The van der Waals surface area contributed by atoms with Gasteiger partial charge in [-0.1, -0.05) is 23.8 Å². The zero-order valence-corrected chi connectivity index (χ0v) is 19.5. The molecular weight excluding hydrogens is 434 g/mol. The summed E-state index contributed by atoms with van der Waals surface area (Å²) in [5.74, 6) is -0.837. The molecule has 1 aromatic heterocycles. The number of anilines is 1. The van der Waals surface area contributed by atoms with Crippen LogP contribution >= 0.6 is 11.3 Å². The molecule has 2 aliphatic heterocycles. The second-order valence-corrected chi connectivity index (χ2v) is 11.7. The minimum atomic E-state index is -3.15. The zero-order chi connectivity index (χ0) is 22.3. The molecule has 3 atom stereocenters. The van der Waals surface area contributed by atoms with Gasteiger partial charge in [0.25, 0.3) is 0 Å². The third-order valence-corrected chi connectivity index (χ3v) is 8.69. The fourth-order valence-electron chi connectivity index (χ4n) is 4.59. The van der Waals surface area contributed by atoms with Crippen molar-refractivity contribution in [2.45, 2.75) is 31.8 Å². The van der Waals surface area contributed by atoms with Crippen molar-refractivity contribution >= 4 is 38.7 Å². The number of nitrogens with zero attached hydrogens (tertiary/aromatic N) is 3. The number of carbonyl (C=O) groups excluding carboxylic acids is 2. The van der Waals surface area contributed by atoms with Gasteiger partial charge in [-0.15, -0.1) is 11.3 Å². The zero-order valence-electron chi connectivity index (χ0n) is 17.9. The van der Waals surface area contributed by atoms with Crippen LogP contribution in [0.25, 0.3) is 0 Å². The largest absolute Gasteiger partial charge is 0.303 e. The number of hydrazine groups is 1. The van der Waals surface area contributed by atoms with Gasteiger partial charge < -0.3 is 4.90 Å². The van der Waals surface area contributed by atoms with E-state index in [9.17, 15) is 18.0 Å². The van der Waals surface area contributed by atoms with Gasteiger partial charge in [0.2, 0.25) is 11.8 Å². The van der Waals surface area contributed by atoms with Gasteiger partial charge in [0.15, 0.2) is 9.84 Å². The Bertz CT molecular complexity index is 1060. The molecule has 9 heteroatoms. The summed E-state index contributed by atoms with van der Waals surface area (Å²) in [5, 5.41) is 5.17. The van der Waals surface area contributed by atoms with Crippen LogP contribution in [0, 0.1) is 12.8 Å². The first kappa shape index (κ1) is 22.0. The van der Waals surface area contributed by atoms with Crippen LogP contribution in [0.2, 0.25) is 0 Å². The van der Waals surface area contributed by atoms with E-state index in [2.05, 4.69) is 0 Å². The average Bonchev–Trinajstić information content (AvgIpc) is 3.41. The van der Waals surface area contributed by atoms with Crippen molar-refractivity contribution in [2.75, 3.05) is 30.5 Å². The highest BCUT2D eigenvalue weighted by atomic mass is 32.2. The molecular formula is C22H27N3O4S2. The van der Waals surface area contributed by atoms with Crippen LogP contribution in [-0.2, 0) is 19.4 Å². The minimum Gasteiger partial charge on any atom is -0.303 e. The van der Waals surface area contributed by atoms with Crippen LogP contribution in [0.3, 0.4) is 0 Å². The monoisotopic (exact) mass is 461 g/mol. The number of sulfone groups is 1. The summed E-state index contributed by atoms with van der Waals surface area (Å²) in [5.41, 5.74) is 1.86. The molecule has 31 heavy (non-hydrogen) atoms. The standard InChI is InChI=1S/C22H27N3O4S2/c1-15-6-8-16(9-7-15)24-20(26)13-18(21(24)19-5-4-11-30-19)22(27)25(23(2)3)17-10-12-31(28,29)14-17/h4-9,11,17-18,21H,10,12-14H2,1-3H3. The molecule has 3 unspecified atom stereocenters. The van der Waals surface area contributed by atoms with Gasteiger partial charge in [0, 0.05) is 31.1 Å². The number of aryl methyl sites for hydroxylation is 1. The molecule has 0 saturated carbocycles. The molecule has 0 spiro atoms. The van der Waals surface area contributed by atoms with Crippen LogP contribution in [-0.4, -0.2) is 61.9 Å². The molecule has 0 aliphatic carbocycles. The number of carbonyl (C=O) groups is 2. The van der Waals surface area contributed by atoms with Crippen molar-refractivity contribution in [3.8, 4) is 0 Å². The van der Waals surface area contributed by atoms with E-state index in [1.54, 1.807) is 29.0 Å². The molecule has 7 nitrogen and oxygen atoms in total. The summed E-state index contributed by atoms with van der Waals surface area (Å²) in [6, 6.07) is 10.8. The predicted molar refractivity (Wildman–Crippen MR) is 121 cm³/mol. The molecule has 2 fully saturated rings. The fraction of sp³-hybridized carbons (Fsp3) is 0.455. The van der Waals surface area contributed by atoms with E-state index in [1.807, 2.05) is 48.7 Å². The van der Waals surface area contributed by atoms with Crippen LogP contribution in [0.4, 0.5) is 5.69 Å². The van der Waals surface area contributed by atoms with E-state index in [0.717, 1.165) is 16.1 Å². The summed E-state index contributed by atoms with van der Waals surface area (Å²) < 4.78 is 24.1. The summed E-state index contributed by atoms with van der Waals surface area (Å²) in [6.45, 7) is 1.99. The van der Waals surface area contributed by atoms with Gasteiger partial charge in [-0.05, 0) is 36.9 Å². The topological polar surface area (TPSA) is 78.0 Å². The molecule has 166 valence electrons. The molecule has 0 radical (unpaired) electrons. The fourth-order valence-corrected chi connectivity index (χ4v) is 7.16. The van der Waals surface area contributed by atoms with E-state index in [0.29, 0.717) is 6.42 Å². The highest BCUT2D eigenvalue weighted by molar-refractivity contribution is 7.91. The summed E-state index contributed by atoms with van der Waals surface area (Å²) in [7, 11) is 0.343. The minimum absolute atomic E-state index is 0.0388. The van der Waals surface area contributed by atoms with Gasteiger partial charge in [0.1, 0.15) is 0 Å². The van der Waals surface area contributed by atoms with Crippen molar-refractivity contribution in [1.29, 1.82) is 0 Å². The molecule has 2 aromatic rings. The maximum Gasteiger partial charge on any atom is 0.243 e. The number of hydrogen-bond donors (Lipinski definition) is 0. The molecule has 2 saturated heterocycles. The molecule has 2 amide bonds. The van der Waals surface area contributed by atoms with E-state index in [-0.39, 0.29) is 29.7 Å². The number of amides is 2. The third-order valence-electron chi connectivity index (χ3n) is 6.00. The SMILES string of the molecule is Cc1ccc(N2C(=O)CC(C(=O)N(C3CCS(=O)(=O)C3)N(C)C)C2c2cccs2)cc1. The van der Waals surface area contributed by atoms with Gasteiger partial charge in [0.05, 0.1) is 29.5 Å². The normalized spacial score (nSPS) is 25.4. The average molecular weight is 462 g/mol. The van der Waals surface area contributed by atoms with Crippen LogP contribution in [0.5, 0.6) is 0 Å². The lowest BCUT2D eigenvalue weighted by molar-refractivity contribution is -0.154. The Morgan fingerprint density at radius 3 is 2.42 bits per heavy atom. The smallest absolute Gasteiger partial charge is 0.243 e. The van der Waals surface area contributed by atoms with E-state index >= 15 is 0 Å². The van der Waals surface area contributed by atoms with E-state index in [4.69, 9.17) is 0 Å². The van der Waals surface area contributed by atoms with Crippen LogP contribution in [0.1, 0.15) is 29.3 Å². The van der Waals surface area contributed by atoms with Crippen molar-refractivity contribution in [1.82, 2.24) is 10.0 Å². The molecule has 1 aromatic carbocycles. The van der Waals surface area contributed by atoms with Crippen molar-refractivity contribution < 1.29 is 18.0 Å². The Kier molecular flexibility index (Phi) is 5.93. The Morgan fingerprint density at radius 2 is 1.87 bits per heavy atom. The Morgan fingerprint density at radius 1 is 1.16 bits per heavy atom. The van der Waals surface area contributed by atoms with Crippen molar-refractivity contribution in [3.63, 3.8) is 0 Å². The van der Waals surface area contributed by atoms with Gasteiger partial charge in [-0.2, -0.15) is 0 Å².